The number of hydrogen-bond donors (Lipinski definition) is 2. The first-order chi connectivity index (χ1) is 5.61. The molecule has 12 heavy (non-hydrogen) atoms. The molecule has 0 bridgehead atoms. The summed E-state index contributed by atoms with van der Waals surface area (Å²) in [4.78, 5) is 13.9. The summed E-state index contributed by atoms with van der Waals surface area (Å²) in [5, 5.41) is 10.7. The Bertz CT molecular complexity index is 316. The van der Waals surface area contributed by atoms with Crippen molar-refractivity contribution >= 4 is 35.1 Å². The summed E-state index contributed by atoms with van der Waals surface area (Å²) < 4.78 is 0. The van der Waals surface area contributed by atoms with E-state index in [0.717, 1.165) is 0 Å². The van der Waals surface area contributed by atoms with E-state index in [1.54, 1.807) is 0 Å². The molecule has 1 aromatic rings. The molecule has 0 saturated heterocycles. The number of rotatable bonds is 1. The highest BCUT2D eigenvalue weighted by Crippen LogP contribution is 2.27. The molecule has 0 atom stereocenters. The van der Waals surface area contributed by atoms with Gasteiger partial charge in [0.15, 0.2) is 5.82 Å². The quantitative estimate of drug-likeness (QED) is 0.743. The lowest BCUT2D eigenvalue weighted by molar-refractivity contribution is 0.209. The van der Waals surface area contributed by atoms with Gasteiger partial charge in [0.25, 0.3) is 0 Å². The Hall–Kier alpha value is -1.000. The number of nitrogens with zero attached hydrogens (tertiary/aromatic N) is 1. The smallest absolute Gasteiger partial charge is 0.410 e. The SMILES string of the molecule is O=C(O)Nc1nccc(Cl)c1Cl. The normalized spacial score (nSPS) is 9.50. The molecule has 4 nitrogen and oxygen atoms in total. The maximum absolute atomic E-state index is 10.2. The van der Waals surface area contributed by atoms with E-state index in [0.29, 0.717) is 0 Å². The van der Waals surface area contributed by atoms with E-state index in [9.17, 15) is 4.79 Å². The van der Waals surface area contributed by atoms with Crippen molar-refractivity contribution < 1.29 is 9.90 Å². The van der Waals surface area contributed by atoms with Gasteiger partial charge in [0.1, 0.15) is 5.02 Å². The lowest BCUT2D eigenvalue weighted by Gasteiger charge is -2.02. The zero-order valence-corrected chi connectivity index (χ0v) is 7.23. The average Bonchev–Trinajstić information content (AvgIpc) is 1.98. The van der Waals surface area contributed by atoms with E-state index in [1.807, 2.05) is 5.32 Å². The predicted octanol–water partition coefficient (Wildman–Crippen LogP) is 2.48. The van der Waals surface area contributed by atoms with Crippen LogP contribution in [0.15, 0.2) is 12.3 Å². The second-order valence-corrected chi connectivity index (χ2v) is 2.67. The van der Waals surface area contributed by atoms with Crippen LogP contribution in [0.2, 0.25) is 10.0 Å². The first-order valence-corrected chi connectivity index (χ1v) is 3.67. The molecular formula is C6H4Cl2N2O2. The maximum atomic E-state index is 10.2. The van der Waals surface area contributed by atoms with Gasteiger partial charge in [-0.15, -0.1) is 0 Å². The van der Waals surface area contributed by atoms with Crippen LogP contribution in [-0.4, -0.2) is 16.2 Å². The van der Waals surface area contributed by atoms with E-state index in [2.05, 4.69) is 4.98 Å². The molecule has 0 saturated carbocycles. The van der Waals surface area contributed by atoms with Gasteiger partial charge in [-0.25, -0.2) is 9.78 Å². The zero-order valence-electron chi connectivity index (χ0n) is 5.71. The number of halogens is 2. The number of carboxylic acid groups (broad SMARTS) is 1. The fraction of sp³-hybridized carbons (Fsp3) is 0. The minimum absolute atomic E-state index is 0.0386. The molecule has 0 aliphatic carbocycles. The molecule has 0 radical (unpaired) electrons. The molecule has 0 aliphatic heterocycles. The van der Waals surface area contributed by atoms with Crippen molar-refractivity contribution in [3.05, 3.63) is 22.3 Å². The third-order valence-electron chi connectivity index (χ3n) is 1.07. The molecule has 0 aliphatic rings. The zero-order chi connectivity index (χ0) is 9.14. The molecule has 0 spiro atoms. The van der Waals surface area contributed by atoms with Gasteiger partial charge in [-0.2, -0.15) is 0 Å². The molecule has 2 N–H and O–H groups in total. The summed E-state index contributed by atoms with van der Waals surface area (Å²) in [6, 6.07) is 1.47. The van der Waals surface area contributed by atoms with Crippen LogP contribution >= 0.6 is 23.2 Å². The lowest BCUT2D eigenvalue weighted by atomic mass is 10.4. The maximum Gasteiger partial charge on any atom is 0.410 e. The van der Waals surface area contributed by atoms with Crippen molar-refractivity contribution in [1.82, 2.24) is 4.98 Å². The van der Waals surface area contributed by atoms with Crippen LogP contribution in [0.1, 0.15) is 0 Å². The van der Waals surface area contributed by atoms with Crippen molar-refractivity contribution in [1.29, 1.82) is 0 Å². The third kappa shape index (κ3) is 1.99. The van der Waals surface area contributed by atoms with Crippen molar-refractivity contribution in [3.8, 4) is 0 Å². The second-order valence-electron chi connectivity index (χ2n) is 1.89. The van der Waals surface area contributed by atoms with E-state index < -0.39 is 6.09 Å². The molecule has 1 amide bonds. The summed E-state index contributed by atoms with van der Waals surface area (Å²) in [5.41, 5.74) is 0. The van der Waals surface area contributed by atoms with E-state index in [-0.39, 0.29) is 15.9 Å². The van der Waals surface area contributed by atoms with E-state index >= 15 is 0 Å². The van der Waals surface area contributed by atoms with Gasteiger partial charge in [0.2, 0.25) is 0 Å². The van der Waals surface area contributed by atoms with Gasteiger partial charge in [-0.1, -0.05) is 23.2 Å². The predicted molar refractivity (Wildman–Crippen MR) is 45.9 cm³/mol. The van der Waals surface area contributed by atoms with Gasteiger partial charge in [0.05, 0.1) is 5.02 Å². The summed E-state index contributed by atoms with van der Waals surface area (Å²) in [6.45, 7) is 0. The molecule has 64 valence electrons. The van der Waals surface area contributed by atoms with Crippen LogP contribution < -0.4 is 5.32 Å². The summed E-state index contributed by atoms with van der Waals surface area (Å²) in [6.07, 6.45) is 0.131. The Labute approximate surface area is 78.1 Å². The standard InChI is InChI=1S/C6H4Cl2N2O2/c7-3-1-2-9-5(4(3)8)10-6(11)12/h1-2H,(H,9,10)(H,11,12). The lowest BCUT2D eigenvalue weighted by Crippen LogP contribution is -2.09. The first kappa shape index (κ1) is 9.09. The number of pyridine rings is 1. The Morgan fingerprint density at radius 3 is 2.83 bits per heavy atom. The number of anilines is 1. The minimum Gasteiger partial charge on any atom is -0.465 e. The van der Waals surface area contributed by atoms with Crippen LogP contribution in [0.3, 0.4) is 0 Å². The molecule has 0 unspecified atom stereocenters. The van der Waals surface area contributed by atoms with Crippen molar-refractivity contribution in [2.75, 3.05) is 5.32 Å². The molecular weight excluding hydrogens is 203 g/mol. The Morgan fingerprint density at radius 1 is 1.58 bits per heavy atom. The average molecular weight is 207 g/mol. The van der Waals surface area contributed by atoms with E-state index in [4.69, 9.17) is 28.3 Å². The Kier molecular flexibility index (Phi) is 2.73. The Balaban J connectivity index is 3.00. The monoisotopic (exact) mass is 206 g/mol. The van der Waals surface area contributed by atoms with Gasteiger partial charge in [-0.3, -0.25) is 5.32 Å². The number of amides is 1. The second kappa shape index (κ2) is 3.60. The molecule has 1 aromatic heterocycles. The highest BCUT2D eigenvalue weighted by molar-refractivity contribution is 6.43. The van der Waals surface area contributed by atoms with Crippen LogP contribution in [0.4, 0.5) is 10.6 Å². The molecule has 6 heteroatoms. The van der Waals surface area contributed by atoms with Crippen molar-refractivity contribution in [3.63, 3.8) is 0 Å². The van der Waals surface area contributed by atoms with E-state index in [1.165, 1.54) is 12.3 Å². The van der Waals surface area contributed by atoms with Crippen LogP contribution in [0, 0.1) is 0 Å². The van der Waals surface area contributed by atoms with Gasteiger partial charge in [-0.05, 0) is 6.07 Å². The van der Waals surface area contributed by atoms with Gasteiger partial charge in [0, 0.05) is 6.20 Å². The van der Waals surface area contributed by atoms with Crippen molar-refractivity contribution in [2.24, 2.45) is 0 Å². The Morgan fingerprint density at radius 2 is 2.25 bits per heavy atom. The molecule has 0 aromatic carbocycles. The summed E-state index contributed by atoms with van der Waals surface area (Å²) in [7, 11) is 0. The summed E-state index contributed by atoms with van der Waals surface area (Å²) >= 11 is 11.2. The molecule has 0 fully saturated rings. The van der Waals surface area contributed by atoms with Gasteiger partial charge >= 0.3 is 6.09 Å². The van der Waals surface area contributed by atoms with Crippen LogP contribution in [0.25, 0.3) is 0 Å². The highest BCUT2D eigenvalue weighted by atomic mass is 35.5. The fourth-order valence-corrected chi connectivity index (χ4v) is 0.914. The largest absolute Gasteiger partial charge is 0.465 e. The number of hydrogen-bond acceptors (Lipinski definition) is 2. The molecule has 1 heterocycles. The summed E-state index contributed by atoms with van der Waals surface area (Å²) in [5.74, 6) is 0.0386. The molecule has 1 rings (SSSR count). The van der Waals surface area contributed by atoms with Gasteiger partial charge < -0.3 is 5.11 Å². The third-order valence-corrected chi connectivity index (χ3v) is 1.86. The van der Waals surface area contributed by atoms with Crippen LogP contribution in [0.5, 0.6) is 0 Å². The topological polar surface area (TPSA) is 62.2 Å². The number of nitrogens with one attached hydrogen (secondary N) is 1. The fourth-order valence-electron chi connectivity index (χ4n) is 0.609. The number of carbonyl (C=O) groups is 1. The first-order valence-electron chi connectivity index (χ1n) is 2.91. The van der Waals surface area contributed by atoms with Crippen LogP contribution in [-0.2, 0) is 0 Å². The minimum atomic E-state index is -1.23. The highest BCUT2D eigenvalue weighted by Gasteiger charge is 2.07. The number of aromatic nitrogens is 1. The van der Waals surface area contributed by atoms with Crippen molar-refractivity contribution in [2.45, 2.75) is 0 Å².